The maximum atomic E-state index is 11.3. The minimum Gasteiger partial charge on any atom is -0.444 e. The molecule has 1 amide bonds. The molecule has 16 heavy (non-hydrogen) atoms. The minimum atomic E-state index is -0.489. The maximum absolute atomic E-state index is 11.3. The number of aromatic nitrogens is 2. The van der Waals surface area contributed by atoms with Gasteiger partial charge in [0.05, 0.1) is 6.54 Å². The van der Waals surface area contributed by atoms with Crippen LogP contribution in [0.3, 0.4) is 0 Å². The molecule has 1 rings (SSSR count). The van der Waals surface area contributed by atoms with E-state index in [1.807, 2.05) is 20.8 Å². The van der Waals surface area contributed by atoms with Gasteiger partial charge in [0.15, 0.2) is 0 Å². The van der Waals surface area contributed by atoms with Crippen molar-refractivity contribution in [1.29, 1.82) is 0 Å². The van der Waals surface area contributed by atoms with Crippen LogP contribution in [0.1, 0.15) is 26.6 Å². The summed E-state index contributed by atoms with van der Waals surface area (Å²) in [5.74, 6) is 0.561. The van der Waals surface area contributed by atoms with Crippen LogP contribution in [0, 0.1) is 3.57 Å². The van der Waals surface area contributed by atoms with Gasteiger partial charge in [-0.15, -0.1) is 0 Å². The molecule has 6 heteroatoms. The van der Waals surface area contributed by atoms with Gasteiger partial charge in [0.2, 0.25) is 0 Å². The predicted octanol–water partition coefficient (Wildman–Crippen LogP) is 2.11. The first kappa shape index (κ1) is 13.1. The van der Waals surface area contributed by atoms with E-state index in [2.05, 4.69) is 37.9 Å². The van der Waals surface area contributed by atoms with Crippen LogP contribution in [-0.4, -0.2) is 21.7 Å². The van der Waals surface area contributed by atoms with Crippen molar-refractivity contribution < 1.29 is 9.53 Å². The van der Waals surface area contributed by atoms with E-state index in [0.29, 0.717) is 5.82 Å². The molecular formula is C10H14IN3O2. The van der Waals surface area contributed by atoms with Crippen LogP contribution in [-0.2, 0) is 11.3 Å². The fourth-order valence-electron chi connectivity index (χ4n) is 0.896. The molecule has 0 fully saturated rings. The van der Waals surface area contributed by atoms with Crippen molar-refractivity contribution in [2.75, 3.05) is 0 Å². The highest BCUT2D eigenvalue weighted by molar-refractivity contribution is 14.1. The van der Waals surface area contributed by atoms with Crippen LogP contribution in [0.5, 0.6) is 0 Å². The van der Waals surface area contributed by atoms with Gasteiger partial charge in [0.25, 0.3) is 0 Å². The molecule has 88 valence electrons. The highest BCUT2D eigenvalue weighted by atomic mass is 127. The Labute approximate surface area is 108 Å². The zero-order chi connectivity index (χ0) is 12.2. The number of rotatable bonds is 2. The summed E-state index contributed by atoms with van der Waals surface area (Å²) in [6, 6.07) is 0. The van der Waals surface area contributed by atoms with Crippen molar-refractivity contribution in [3.63, 3.8) is 0 Å². The Morgan fingerprint density at radius 2 is 2.00 bits per heavy atom. The van der Waals surface area contributed by atoms with E-state index in [9.17, 15) is 4.79 Å². The first-order chi connectivity index (χ1) is 7.37. The topological polar surface area (TPSA) is 64.1 Å². The first-order valence-electron chi connectivity index (χ1n) is 4.80. The largest absolute Gasteiger partial charge is 0.444 e. The zero-order valence-corrected chi connectivity index (χ0v) is 11.6. The molecule has 1 aromatic rings. The number of hydrogen-bond donors (Lipinski definition) is 1. The predicted molar refractivity (Wildman–Crippen MR) is 67.8 cm³/mol. The fraction of sp³-hybridized carbons (Fsp3) is 0.500. The number of amides is 1. The van der Waals surface area contributed by atoms with Crippen LogP contribution >= 0.6 is 22.6 Å². The average Bonchev–Trinajstić information content (AvgIpc) is 2.14. The summed E-state index contributed by atoms with van der Waals surface area (Å²) in [7, 11) is 0. The fourth-order valence-corrected chi connectivity index (χ4v) is 1.17. The minimum absolute atomic E-state index is 0.270. The Hall–Kier alpha value is -0.920. The van der Waals surface area contributed by atoms with Gasteiger partial charge in [-0.05, 0) is 43.4 Å². The number of nitrogens with zero attached hydrogens (tertiary/aromatic N) is 2. The summed E-state index contributed by atoms with van der Waals surface area (Å²) in [6.45, 7) is 5.71. The Kier molecular flexibility index (Phi) is 4.45. The number of hydrogen-bond acceptors (Lipinski definition) is 4. The normalized spacial score (nSPS) is 11.0. The van der Waals surface area contributed by atoms with E-state index in [1.54, 1.807) is 12.4 Å². The number of ether oxygens (including phenoxy) is 1. The second-order valence-corrected chi connectivity index (χ2v) is 5.42. The monoisotopic (exact) mass is 335 g/mol. The molecule has 0 aliphatic rings. The third kappa shape index (κ3) is 5.24. The molecule has 0 aromatic carbocycles. The van der Waals surface area contributed by atoms with E-state index in [-0.39, 0.29) is 6.54 Å². The molecule has 0 unspecified atom stereocenters. The van der Waals surface area contributed by atoms with Crippen LogP contribution in [0.15, 0.2) is 12.4 Å². The van der Waals surface area contributed by atoms with Gasteiger partial charge < -0.3 is 10.1 Å². The van der Waals surface area contributed by atoms with Gasteiger partial charge in [-0.2, -0.15) is 0 Å². The summed E-state index contributed by atoms with van der Waals surface area (Å²) >= 11 is 2.12. The molecular weight excluding hydrogens is 321 g/mol. The average molecular weight is 335 g/mol. The highest BCUT2D eigenvalue weighted by Crippen LogP contribution is 2.06. The van der Waals surface area contributed by atoms with Crippen molar-refractivity contribution in [1.82, 2.24) is 15.3 Å². The summed E-state index contributed by atoms with van der Waals surface area (Å²) < 4.78 is 6.03. The van der Waals surface area contributed by atoms with Crippen LogP contribution in [0.2, 0.25) is 0 Å². The third-order valence-corrected chi connectivity index (χ3v) is 2.02. The lowest BCUT2D eigenvalue weighted by molar-refractivity contribution is 0.0522. The highest BCUT2D eigenvalue weighted by Gasteiger charge is 2.15. The van der Waals surface area contributed by atoms with Gasteiger partial charge in [-0.3, -0.25) is 0 Å². The smallest absolute Gasteiger partial charge is 0.408 e. The van der Waals surface area contributed by atoms with Crippen molar-refractivity contribution in [2.45, 2.75) is 32.9 Å². The zero-order valence-electron chi connectivity index (χ0n) is 9.45. The van der Waals surface area contributed by atoms with Crippen molar-refractivity contribution in [3.8, 4) is 0 Å². The Morgan fingerprint density at radius 3 is 2.50 bits per heavy atom. The maximum Gasteiger partial charge on any atom is 0.408 e. The van der Waals surface area contributed by atoms with E-state index >= 15 is 0 Å². The third-order valence-electron chi connectivity index (χ3n) is 1.46. The molecule has 1 heterocycles. The molecule has 0 atom stereocenters. The lowest BCUT2D eigenvalue weighted by atomic mass is 10.2. The molecule has 0 bridgehead atoms. The number of carbonyl (C=O) groups excluding carboxylic acids is 1. The lowest BCUT2D eigenvalue weighted by Gasteiger charge is -2.19. The van der Waals surface area contributed by atoms with Gasteiger partial charge in [-0.25, -0.2) is 14.8 Å². The molecule has 0 radical (unpaired) electrons. The van der Waals surface area contributed by atoms with Gasteiger partial charge >= 0.3 is 6.09 Å². The molecule has 0 aliphatic carbocycles. The van der Waals surface area contributed by atoms with Crippen molar-refractivity contribution in [2.24, 2.45) is 0 Å². The number of alkyl carbamates (subject to hydrolysis) is 1. The second kappa shape index (κ2) is 5.42. The number of halogens is 1. The van der Waals surface area contributed by atoms with E-state index in [0.717, 1.165) is 3.57 Å². The van der Waals surface area contributed by atoms with Crippen LogP contribution in [0.25, 0.3) is 0 Å². The Morgan fingerprint density at radius 1 is 1.44 bits per heavy atom. The summed E-state index contributed by atoms with van der Waals surface area (Å²) in [5.41, 5.74) is -0.489. The first-order valence-corrected chi connectivity index (χ1v) is 5.88. The Bertz CT molecular complexity index is 359. The summed E-state index contributed by atoms with van der Waals surface area (Å²) in [6.07, 6.45) is 2.92. The number of carbonyl (C=O) groups is 1. The summed E-state index contributed by atoms with van der Waals surface area (Å²) in [5, 5.41) is 2.59. The van der Waals surface area contributed by atoms with E-state index < -0.39 is 11.7 Å². The van der Waals surface area contributed by atoms with E-state index in [1.165, 1.54) is 0 Å². The van der Waals surface area contributed by atoms with Crippen LogP contribution in [0.4, 0.5) is 4.79 Å². The van der Waals surface area contributed by atoms with Crippen LogP contribution < -0.4 is 5.32 Å². The van der Waals surface area contributed by atoms with Gasteiger partial charge in [0, 0.05) is 16.0 Å². The van der Waals surface area contributed by atoms with Gasteiger partial charge in [-0.1, -0.05) is 0 Å². The molecule has 0 saturated heterocycles. The standard InChI is InChI=1S/C10H14IN3O2/c1-10(2,3)16-9(15)14-6-8-12-4-7(11)5-13-8/h4-5H,6H2,1-3H3,(H,14,15). The molecule has 5 nitrogen and oxygen atoms in total. The van der Waals surface area contributed by atoms with Gasteiger partial charge in [0.1, 0.15) is 11.4 Å². The van der Waals surface area contributed by atoms with Crippen molar-refractivity contribution >= 4 is 28.7 Å². The number of nitrogens with one attached hydrogen (secondary N) is 1. The van der Waals surface area contributed by atoms with E-state index in [4.69, 9.17) is 4.74 Å². The SMILES string of the molecule is CC(C)(C)OC(=O)NCc1ncc(I)cn1. The Balaban J connectivity index is 2.40. The summed E-state index contributed by atoms with van der Waals surface area (Å²) in [4.78, 5) is 19.4. The molecule has 0 aliphatic heterocycles. The molecule has 0 saturated carbocycles. The second-order valence-electron chi connectivity index (χ2n) is 4.17. The quantitative estimate of drug-likeness (QED) is 0.841. The van der Waals surface area contributed by atoms with Crippen molar-refractivity contribution in [3.05, 3.63) is 21.8 Å². The molecule has 1 N–H and O–H groups in total. The lowest BCUT2D eigenvalue weighted by Crippen LogP contribution is -2.32. The molecule has 0 spiro atoms. The molecule has 1 aromatic heterocycles.